The molecule has 1 unspecified atom stereocenters. The highest BCUT2D eigenvalue weighted by Crippen LogP contribution is 2.19. The Bertz CT molecular complexity index is 712. The van der Waals surface area contributed by atoms with Gasteiger partial charge in [0.05, 0.1) is 19.6 Å². The molecule has 5 nitrogen and oxygen atoms in total. The molecule has 2 aromatic rings. The van der Waals surface area contributed by atoms with Crippen LogP contribution in [0.3, 0.4) is 0 Å². The number of ether oxygens (including phenoxy) is 2. The van der Waals surface area contributed by atoms with Crippen LogP contribution in [-0.4, -0.2) is 36.7 Å². The monoisotopic (exact) mass is 325 g/mol. The number of benzene rings is 2. The van der Waals surface area contributed by atoms with Crippen molar-refractivity contribution in [2.45, 2.75) is 18.9 Å². The van der Waals surface area contributed by atoms with E-state index in [1.165, 1.54) is 4.90 Å². The first-order chi connectivity index (χ1) is 11.7. The fourth-order valence-electron chi connectivity index (χ4n) is 2.81. The van der Waals surface area contributed by atoms with Crippen LogP contribution in [0.25, 0.3) is 0 Å². The molecule has 1 atom stereocenters. The highest BCUT2D eigenvalue weighted by atomic mass is 16.6. The zero-order chi connectivity index (χ0) is 16.9. The summed E-state index contributed by atoms with van der Waals surface area (Å²) in [7, 11) is 1.59. The number of rotatable bonds is 5. The second-order valence-corrected chi connectivity index (χ2v) is 5.71. The Morgan fingerprint density at radius 2 is 1.83 bits per heavy atom. The number of imide groups is 1. The first kappa shape index (κ1) is 16.1. The van der Waals surface area contributed by atoms with E-state index >= 15 is 0 Å². The summed E-state index contributed by atoms with van der Waals surface area (Å²) in [5.41, 5.74) is 1.90. The van der Waals surface area contributed by atoms with Crippen molar-refractivity contribution in [2.75, 3.05) is 13.7 Å². The van der Waals surface area contributed by atoms with Crippen molar-refractivity contribution < 1.29 is 19.1 Å². The SMILES string of the molecule is COc1ccc(CC(=O)N2C(=O)OCC2Cc2ccccc2)cc1. The number of hydrogen-bond acceptors (Lipinski definition) is 4. The van der Waals surface area contributed by atoms with Gasteiger partial charge < -0.3 is 9.47 Å². The largest absolute Gasteiger partial charge is 0.497 e. The molecule has 1 aliphatic rings. The lowest BCUT2D eigenvalue weighted by Gasteiger charge is -2.19. The summed E-state index contributed by atoms with van der Waals surface area (Å²) in [5, 5.41) is 0. The van der Waals surface area contributed by atoms with E-state index in [1.54, 1.807) is 19.2 Å². The van der Waals surface area contributed by atoms with E-state index in [9.17, 15) is 9.59 Å². The zero-order valence-electron chi connectivity index (χ0n) is 13.5. The van der Waals surface area contributed by atoms with Gasteiger partial charge in [-0.3, -0.25) is 4.79 Å². The summed E-state index contributed by atoms with van der Waals surface area (Å²) in [4.78, 5) is 25.8. The maximum absolute atomic E-state index is 12.6. The zero-order valence-corrected chi connectivity index (χ0v) is 13.5. The first-order valence-electron chi connectivity index (χ1n) is 7.83. The summed E-state index contributed by atoms with van der Waals surface area (Å²) in [6, 6.07) is 16.8. The van der Waals surface area contributed by atoms with Crippen molar-refractivity contribution in [3.63, 3.8) is 0 Å². The third-order valence-corrected chi connectivity index (χ3v) is 4.06. The van der Waals surface area contributed by atoms with Gasteiger partial charge in [0, 0.05) is 0 Å². The quantitative estimate of drug-likeness (QED) is 0.848. The van der Waals surface area contributed by atoms with Crippen LogP contribution in [-0.2, 0) is 22.4 Å². The Hall–Kier alpha value is -2.82. The van der Waals surface area contributed by atoms with Gasteiger partial charge in [0.25, 0.3) is 0 Å². The molecule has 3 rings (SSSR count). The van der Waals surface area contributed by atoms with Gasteiger partial charge >= 0.3 is 6.09 Å². The first-order valence-corrected chi connectivity index (χ1v) is 7.83. The molecule has 1 saturated heterocycles. The fraction of sp³-hybridized carbons (Fsp3) is 0.263. The number of carbonyl (C=O) groups is 2. The molecule has 0 aliphatic carbocycles. The summed E-state index contributed by atoms with van der Waals surface area (Å²) in [6.45, 7) is 0.238. The van der Waals surface area contributed by atoms with Crippen LogP contribution in [0.2, 0.25) is 0 Å². The van der Waals surface area contributed by atoms with Crippen molar-refractivity contribution in [3.8, 4) is 5.75 Å². The molecule has 1 fully saturated rings. The van der Waals surface area contributed by atoms with Crippen LogP contribution in [0.5, 0.6) is 5.75 Å². The summed E-state index contributed by atoms with van der Waals surface area (Å²) >= 11 is 0. The van der Waals surface area contributed by atoms with Gasteiger partial charge in [-0.2, -0.15) is 0 Å². The molecule has 1 heterocycles. The third kappa shape index (κ3) is 3.56. The molecule has 2 aromatic carbocycles. The Morgan fingerprint density at radius 1 is 1.12 bits per heavy atom. The second kappa shape index (κ2) is 7.17. The average molecular weight is 325 g/mol. The summed E-state index contributed by atoms with van der Waals surface area (Å²) in [6.07, 6.45) is 0.195. The maximum atomic E-state index is 12.6. The molecule has 0 N–H and O–H groups in total. The average Bonchev–Trinajstić information content (AvgIpc) is 2.97. The van der Waals surface area contributed by atoms with Crippen LogP contribution >= 0.6 is 0 Å². The Kier molecular flexibility index (Phi) is 4.79. The molecule has 2 amide bonds. The lowest BCUT2D eigenvalue weighted by molar-refractivity contribution is -0.128. The van der Waals surface area contributed by atoms with Crippen LogP contribution in [0.15, 0.2) is 54.6 Å². The van der Waals surface area contributed by atoms with E-state index in [0.717, 1.165) is 16.9 Å². The number of carbonyl (C=O) groups excluding carboxylic acids is 2. The lowest BCUT2D eigenvalue weighted by Crippen LogP contribution is -2.41. The van der Waals surface area contributed by atoms with Gasteiger partial charge in [-0.15, -0.1) is 0 Å². The van der Waals surface area contributed by atoms with Gasteiger partial charge in [0.15, 0.2) is 0 Å². The lowest BCUT2D eigenvalue weighted by atomic mass is 10.0. The van der Waals surface area contributed by atoms with Crippen LogP contribution in [0.1, 0.15) is 11.1 Å². The number of nitrogens with zero attached hydrogens (tertiary/aromatic N) is 1. The maximum Gasteiger partial charge on any atom is 0.416 e. The van der Waals surface area contributed by atoms with Gasteiger partial charge in [0.2, 0.25) is 5.91 Å². The number of cyclic esters (lactones) is 1. The van der Waals surface area contributed by atoms with E-state index in [2.05, 4.69) is 0 Å². The normalized spacial score (nSPS) is 16.8. The van der Waals surface area contributed by atoms with E-state index in [0.29, 0.717) is 6.42 Å². The molecule has 0 saturated carbocycles. The minimum Gasteiger partial charge on any atom is -0.497 e. The molecule has 0 aromatic heterocycles. The summed E-state index contributed by atoms with van der Waals surface area (Å²) in [5.74, 6) is 0.484. The van der Waals surface area contributed by atoms with E-state index in [4.69, 9.17) is 9.47 Å². The van der Waals surface area contributed by atoms with Crippen LogP contribution < -0.4 is 4.74 Å². The highest BCUT2D eigenvalue weighted by molar-refractivity contribution is 5.94. The van der Waals surface area contributed by atoms with E-state index in [1.807, 2.05) is 42.5 Å². The Labute approximate surface area is 140 Å². The molecule has 1 aliphatic heterocycles. The standard InChI is InChI=1S/C19H19NO4/c1-23-17-9-7-15(8-10-17)12-18(21)20-16(13-24-19(20)22)11-14-5-3-2-4-6-14/h2-10,16H,11-13H2,1H3. The Balaban J connectivity index is 1.69. The van der Waals surface area contributed by atoms with Gasteiger partial charge in [-0.05, 0) is 29.7 Å². The fourth-order valence-corrected chi connectivity index (χ4v) is 2.81. The molecule has 124 valence electrons. The molecular formula is C19H19NO4. The van der Waals surface area contributed by atoms with Crippen molar-refractivity contribution in [3.05, 3.63) is 65.7 Å². The number of amides is 2. The van der Waals surface area contributed by atoms with Crippen molar-refractivity contribution >= 4 is 12.0 Å². The molecule has 5 heteroatoms. The van der Waals surface area contributed by atoms with Gasteiger partial charge in [-0.25, -0.2) is 9.69 Å². The van der Waals surface area contributed by atoms with Gasteiger partial charge in [-0.1, -0.05) is 42.5 Å². The predicted octanol–water partition coefficient (Wildman–Crippen LogP) is 2.83. The smallest absolute Gasteiger partial charge is 0.416 e. The van der Waals surface area contributed by atoms with Crippen molar-refractivity contribution in [2.24, 2.45) is 0 Å². The predicted molar refractivity (Wildman–Crippen MR) is 88.8 cm³/mol. The molecular weight excluding hydrogens is 306 g/mol. The third-order valence-electron chi connectivity index (χ3n) is 4.06. The number of methoxy groups -OCH3 is 1. The minimum atomic E-state index is -0.561. The van der Waals surface area contributed by atoms with Crippen LogP contribution in [0, 0.1) is 0 Å². The second-order valence-electron chi connectivity index (χ2n) is 5.71. The number of hydrogen-bond donors (Lipinski definition) is 0. The molecule has 24 heavy (non-hydrogen) atoms. The van der Waals surface area contributed by atoms with E-state index in [-0.39, 0.29) is 25.0 Å². The minimum absolute atomic E-state index is 0.157. The van der Waals surface area contributed by atoms with Gasteiger partial charge in [0.1, 0.15) is 12.4 Å². The molecule has 0 radical (unpaired) electrons. The summed E-state index contributed by atoms with van der Waals surface area (Å²) < 4.78 is 10.2. The molecule has 0 spiro atoms. The Morgan fingerprint density at radius 3 is 2.50 bits per heavy atom. The van der Waals surface area contributed by atoms with Crippen molar-refractivity contribution in [1.82, 2.24) is 4.90 Å². The topological polar surface area (TPSA) is 55.8 Å². The molecule has 0 bridgehead atoms. The van der Waals surface area contributed by atoms with Crippen LogP contribution in [0.4, 0.5) is 4.79 Å². The highest BCUT2D eigenvalue weighted by Gasteiger charge is 2.37. The van der Waals surface area contributed by atoms with Crippen molar-refractivity contribution in [1.29, 1.82) is 0 Å². The van der Waals surface area contributed by atoms with E-state index < -0.39 is 6.09 Å².